The number of nitrogens with one attached hydrogen (secondary N) is 1. The molecular formula is C23H26ClN3O4S. The molecule has 2 aromatic carbocycles. The highest BCUT2D eigenvalue weighted by Gasteiger charge is 2.39. The van der Waals surface area contributed by atoms with Gasteiger partial charge in [-0.15, -0.1) is 0 Å². The van der Waals surface area contributed by atoms with E-state index in [1.807, 2.05) is 26.0 Å². The van der Waals surface area contributed by atoms with Crippen molar-refractivity contribution in [3.63, 3.8) is 0 Å². The van der Waals surface area contributed by atoms with Crippen LogP contribution in [0.1, 0.15) is 17.5 Å². The number of nitrogens with zero attached hydrogens (tertiary/aromatic N) is 2. The maximum Gasteiger partial charge on any atom is 0.242 e. The predicted octanol–water partition coefficient (Wildman–Crippen LogP) is 4.57. The number of aliphatic imine (C=N–C) groups is 1. The molecule has 0 radical (unpaired) electrons. The van der Waals surface area contributed by atoms with Gasteiger partial charge in [0.05, 0.1) is 31.0 Å². The van der Waals surface area contributed by atoms with E-state index in [0.29, 0.717) is 34.8 Å². The molecule has 32 heavy (non-hydrogen) atoms. The average Bonchev–Trinajstić information content (AvgIpc) is 2.99. The summed E-state index contributed by atoms with van der Waals surface area (Å²) in [6, 6.07) is 11.0. The van der Waals surface area contributed by atoms with E-state index in [-0.39, 0.29) is 18.2 Å². The molecule has 1 aliphatic heterocycles. The molecule has 0 aliphatic carbocycles. The Bertz CT molecular complexity index is 1020. The first-order chi connectivity index (χ1) is 15.3. The van der Waals surface area contributed by atoms with Gasteiger partial charge in [-0.05, 0) is 55.3 Å². The van der Waals surface area contributed by atoms with Gasteiger partial charge in [-0.3, -0.25) is 14.5 Å². The summed E-state index contributed by atoms with van der Waals surface area (Å²) in [6.45, 7) is 4.76. The molecule has 0 saturated carbocycles. The van der Waals surface area contributed by atoms with Crippen LogP contribution in [-0.2, 0) is 14.3 Å². The van der Waals surface area contributed by atoms with Crippen LogP contribution < -0.4 is 10.1 Å². The highest BCUT2D eigenvalue weighted by atomic mass is 35.5. The zero-order valence-electron chi connectivity index (χ0n) is 18.5. The normalized spacial score (nSPS) is 17.2. The minimum Gasteiger partial charge on any atom is -0.495 e. The minimum atomic E-state index is -0.565. The molecule has 1 fully saturated rings. The van der Waals surface area contributed by atoms with Gasteiger partial charge in [-0.25, -0.2) is 4.99 Å². The largest absolute Gasteiger partial charge is 0.495 e. The third-order valence-corrected chi connectivity index (χ3v) is 6.25. The smallest absolute Gasteiger partial charge is 0.242 e. The number of amidine groups is 1. The van der Waals surface area contributed by atoms with E-state index in [1.165, 1.54) is 18.9 Å². The third kappa shape index (κ3) is 6.03. The summed E-state index contributed by atoms with van der Waals surface area (Å²) in [6.07, 6.45) is 0.0164. The topological polar surface area (TPSA) is 80.2 Å². The van der Waals surface area contributed by atoms with Crippen LogP contribution in [0.2, 0.25) is 5.02 Å². The second-order valence-electron chi connectivity index (χ2n) is 7.43. The summed E-state index contributed by atoms with van der Waals surface area (Å²) in [5.74, 6) is 0.0849. The van der Waals surface area contributed by atoms with Crippen LogP contribution in [0.25, 0.3) is 0 Å². The van der Waals surface area contributed by atoms with Crippen molar-refractivity contribution in [1.29, 1.82) is 0 Å². The van der Waals surface area contributed by atoms with Gasteiger partial charge in [0.25, 0.3) is 0 Å². The lowest BCUT2D eigenvalue weighted by atomic mass is 10.1. The monoisotopic (exact) mass is 475 g/mol. The number of anilines is 1. The van der Waals surface area contributed by atoms with Crippen molar-refractivity contribution >= 4 is 51.7 Å². The van der Waals surface area contributed by atoms with Crippen molar-refractivity contribution in [3.8, 4) is 5.75 Å². The molecule has 2 aromatic rings. The van der Waals surface area contributed by atoms with Gasteiger partial charge >= 0.3 is 0 Å². The van der Waals surface area contributed by atoms with Gasteiger partial charge < -0.3 is 14.8 Å². The molecule has 9 heteroatoms. The lowest BCUT2D eigenvalue weighted by Gasteiger charge is -2.16. The van der Waals surface area contributed by atoms with E-state index >= 15 is 0 Å². The van der Waals surface area contributed by atoms with Crippen LogP contribution in [0, 0.1) is 13.8 Å². The van der Waals surface area contributed by atoms with Gasteiger partial charge in [0.15, 0.2) is 5.17 Å². The van der Waals surface area contributed by atoms with Gasteiger partial charge in [0.2, 0.25) is 11.8 Å². The first-order valence-corrected chi connectivity index (χ1v) is 11.3. The van der Waals surface area contributed by atoms with Crippen molar-refractivity contribution < 1.29 is 19.1 Å². The Kier molecular flexibility index (Phi) is 8.17. The maximum atomic E-state index is 13.0. The highest BCUT2D eigenvalue weighted by Crippen LogP contribution is 2.33. The first kappa shape index (κ1) is 24.1. The number of rotatable bonds is 8. The third-order valence-electron chi connectivity index (χ3n) is 4.78. The number of halogens is 1. The molecule has 0 bridgehead atoms. The molecule has 1 N–H and O–H groups in total. The van der Waals surface area contributed by atoms with Crippen LogP contribution >= 0.6 is 23.4 Å². The second kappa shape index (κ2) is 10.8. The molecule has 2 amide bonds. The van der Waals surface area contributed by atoms with E-state index in [2.05, 4.69) is 11.4 Å². The van der Waals surface area contributed by atoms with Crippen molar-refractivity contribution in [2.24, 2.45) is 4.99 Å². The Hall–Kier alpha value is -2.55. The zero-order valence-corrected chi connectivity index (χ0v) is 20.0. The Morgan fingerprint density at radius 3 is 2.53 bits per heavy atom. The molecule has 7 nitrogen and oxygen atoms in total. The van der Waals surface area contributed by atoms with Gasteiger partial charge in [0.1, 0.15) is 11.0 Å². The number of hydrogen-bond donors (Lipinski definition) is 1. The number of carbonyl (C=O) groups is 2. The number of methoxy groups -OCH3 is 2. The number of ether oxygens (including phenoxy) is 2. The van der Waals surface area contributed by atoms with Crippen LogP contribution in [0.5, 0.6) is 5.75 Å². The molecule has 0 aromatic heterocycles. The summed E-state index contributed by atoms with van der Waals surface area (Å²) in [5.41, 5.74) is 3.50. The Balaban J connectivity index is 1.75. The summed E-state index contributed by atoms with van der Waals surface area (Å²) < 4.78 is 10.3. The maximum absolute atomic E-state index is 13.0. The lowest BCUT2D eigenvalue weighted by Crippen LogP contribution is -2.35. The molecule has 1 heterocycles. The number of aryl methyl sites for hydroxylation is 2. The van der Waals surface area contributed by atoms with Crippen molar-refractivity contribution in [3.05, 3.63) is 52.5 Å². The van der Waals surface area contributed by atoms with Crippen LogP contribution in [0.4, 0.5) is 11.4 Å². The Morgan fingerprint density at radius 1 is 1.19 bits per heavy atom. The van der Waals surface area contributed by atoms with Crippen molar-refractivity contribution in [2.45, 2.75) is 25.5 Å². The number of amides is 2. The van der Waals surface area contributed by atoms with Crippen molar-refractivity contribution in [1.82, 2.24) is 4.90 Å². The van der Waals surface area contributed by atoms with E-state index in [4.69, 9.17) is 26.1 Å². The zero-order chi connectivity index (χ0) is 23.3. The Labute approximate surface area is 197 Å². The fraction of sp³-hybridized carbons (Fsp3) is 0.348. The SMILES string of the molecule is COCCN1C(=O)C(CC(=O)Nc2ccc(OC)c(Cl)c2)SC1=Nc1cc(C)cc(C)c1. The number of benzene rings is 2. The minimum absolute atomic E-state index is 0.0164. The van der Waals surface area contributed by atoms with Crippen LogP contribution in [-0.4, -0.2) is 54.5 Å². The first-order valence-electron chi connectivity index (χ1n) is 10.1. The summed E-state index contributed by atoms with van der Waals surface area (Å²) in [5, 5.41) is 3.19. The molecule has 1 saturated heterocycles. The Morgan fingerprint density at radius 2 is 1.91 bits per heavy atom. The van der Waals surface area contributed by atoms with E-state index in [1.54, 1.807) is 30.2 Å². The standard InChI is InChI=1S/C23H26ClN3O4S/c1-14-9-15(2)11-17(10-14)26-23-27(7-8-30-3)22(29)20(32-23)13-21(28)25-16-5-6-19(31-4)18(24)12-16/h5-6,9-12,20H,7-8,13H2,1-4H3,(H,25,28). The van der Waals surface area contributed by atoms with E-state index < -0.39 is 5.25 Å². The summed E-state index contributed by atoms with van der Waals surface area (Å²) >= 11 is 7.42. The molecule has 1 atom stereocenters. The second-order valence-corrected chi connectivity index (χ2v) is 9.01. The molecule has 0 spiro atoms. The summed E-state index contributed by atoms with van der Waals surface area (Å²) in [7, 11) is 3.11. The van der Waals surface area contributed by atoms with Gasteiger partial charge in [-0.1, -0.05) is 29.4 Å². The quantitative estimate of drug-likeness (QED) is 0.604. The lowest BCUT2D eigenvalue weighted by molar-refractivity contribution is -0.128. The highest BCUT2D eigenvalue weighted by molar-refractivity contribution is 8.15. The molecular weight excluding hydrogens is 450 g/mol. The fourth-order valence-electron chi connectivity index (χ4n) is 3.36. The molecule has 1 aliphatic rings. The molecule has 3 rings (SSSR count). The van der Waals surface area contributed by atoms with Crippen LogP contribution in [0.15, 0.2) is 41.4 Å². The number of hydrogen-bond acceptors (Lipinski definition) is 6. The number of thioether (sulfide) groups is 1. The fourth-order valence-corrected chi connectivity index (χ4v) is 4.81. The van der Waals surface area contributed by atoms with Crippen LogP contribution in [0.3, 0.4) is 0 Å². The molecule has 170 valence electrons. The van der Waals surface area contributed by atoms with E-state index in [9.17, 15) is 9.59 Å². The van der Waals surface area contributed by atoms with E-state index in [0.717, 1.165) is 16.8 Å². The van der Waals surface area contributed by atoms with Crippen molar-refractivity contribution in [2.75, 3.05) is 32.7 Å². The summed E-state index contributed by atoms with van der Waals surface area (Å²) in [4.78, 5) is 31.9. The number of carbonyl (C=O) groups excluding carboxylic acids is 2. The average molecular weight is 476 g/mol. The van der Waals surface area contributed by atoms with Gasteiger partial charge in [-0.2, -0.15) is 0 Å². The van der Waals surface area contributed by atoms with Gasteiger partial charge in [0, 0.05) is 19.2 Å². The predicted molar refractivity (Wildman–Crippen MR) is 129 cm³/mol. The molecule has 1 unspecified atom stereocenters.